The van der Waals surface area contributed by atoms with Crippen molar-refractivity contribution in [2.75, 3.05) is 7.05 Å². The average Bonchev–Trinajstić information content (AvgIpc) is 3.03. The van der Waals surface area contributed by atoms with E-state index in [1.807, 2.05) is 71.9 Å². The SMILES string of the molecule is CN1C(=O)C(C(C=O)c2ccc(OCc3ccccc3)cc2F)N(C(=O)O)C1(C(C)(C)C)C(C)(C)C. The molecule has 1 N–H and O–H groups in total. The maximum Gasteiger partial charge on any atom is 0.409 e. The Morgan fingerprint density at radius 2 is 1.69 bits per heavy atom. The molecule has 0 spiro atoms. The van der Waals surface area contributed by atoms with Crippen molar-refractivity contribution in [3.63, 3.8) is 0 Å². The Hall–Kier alpha value is -3.42. The fourth-order valence-electron chi connectivity index (χ4n) is 6.18. The van der Waals surface area contributed by atoms with Crippen molar-refractivity contribution in [1.82, 2.24) is 9.80 Å². The van der Waals surface area contributed by atoms with E-state index in [-0.39, 0.29) is 17.9 Å². The molecule has 0 aliphatic carbocycles. The van der Waals surface area contributed by atoms with Crippen LogP contribution in [0.5, 0.6) is 5.75 Å². The fourth-order valence-corrected chi connectivity index (χ4v) is 6.18. The zero-order chi connectivity index (χ0) is 27.1. The summed E-state index contributed by atoms with van der Waals surface area (Å²) in [4.78, 5) is 41.3. The number of ether oxygens (including phenoxy) is 1. The monoisotopic (exact) mass is 498 g/mol. The van der Waals surface area contributed by atoms with Gasteiger partial charge in [0.2, 0.25) is 5.91 Å². The molecule has 36 heavy (non-hydrogen) atoms. The zero-order valence-corrected chi connectivity index (χ0v) is 21.9. The summed E-state index contributed by atoms with van der Waals surface area (Å²) in [5.74, 6) is -2.38. The lowest BCUT2D eigenvalue weighted by atomic mass is 9.64. The Bertz CT molecular complexity index is 1120. The molecule has 3 rings (SSSR count). The van der Waals surface area contributed by atoms with Gasteiger partial charge in [-0.15, -0.1) is 0 Å². The van der Waals surface area contributed by atoms with Gasteiger partial charge in [0, 0.05) is 29.5 Å². The standard InChI is InChI=1S/C28H35FN2O5/c1-26(2,3)28(27(4,5)6)30(7)24(33)23(31(28)25(34)35)21(16-32)20-14-13-19(15-22(20)29)36-17-18-11-9-8-10-12-18/h8-16,21,23H,17H2,1-7H3,(H,34,35). The molecule has 1 fully saturated rings. The smallest absolute Gasteiger partial charge is 0.409 e. The van der Waals surface area contributed by atoms with Crippen molar-refractivity contribution in [1.29, 1.82) is 0 Å². The number of carbonyl (C=O) groups excluding carboxylic acids is 2. The molecule has 0 radical (unpaired) electrons. The number of carboxylic acid groups (broad SMARTS) is 1. The molecular formula is C28H35FN2O5. The topological polar surface area (TPSA) is 87.2 Å². The first-order valence-electron chi connectivity index (χ1n) is 11.9. The summed E-state index contributed by atoms with van der Waals surface area (Å²) < 4.78 is 21.0. The number of hydrogen-bond acceptors (Lipinski definition) is 4. The van der Waals surface area contributed by atoms with E-state index in [0.717, 1.165) is 16.5 Å². The highest BCUT2D eigenvalue weighted by Gasteiger charge is 2.69. The Labute approximate surface area is 211 Å². The van der Waals surface area contributed by atoms with E-state index in [9.17, 15) is 19.5 Å². The lowest BCUT2D eigenvalue weighted by Gasteiger charge is -2.58. The molecule has 2 aromatic rings. The minimum Gasteiger partial charge on any atom is -0.489 e. The van der Waals surface area contributed by atoms with Crippen molar-refractivity contribution in [2.45, 2.75) is 65.8 Å². The lowest BCUT2D eigenvalue weighted by molar-refractivity contribution is -0.151. The number of likely N-dealkylation sites (N-methyl/N-ethyl adjacent to an activating group) is 1. The van der Waals surface area contributed by atoms with E-state index >= 15 is 4.39 Å². The average molecular weight is 499 g/mol. The van der Waals surface area contributed by atoms with E-state index in [1.54, 1.807) is 7.05 Å². The van der Waals surface area contributed by atoms with Crippen LogP contribution in [0.1, 0.15) is 58.6 Å². The van der Waals surface area contributed by atoms with Gasteiger partial charge in [-0.1, -0.05) is 77.9 Å². The zero-order valence-electron chi connectivity index (χ0n) is 21.9. The number of nitrogens with zero attached hydrogens (tertiary/aromatic N) is 2. The molecule has 0 saturated carbocycles. The quantitative estimate of drug-likeness (QED) is 0.547. The second-order valence-electron chi connectivity index (χ2n) is 11.3. The normalized spacial score (nSPS) is 18.8. The second-order valence-corrected chi connectivity index (χ2v) is 11.3. The van der Waals surface area contributed by atoms with Gasteiger partial charge in [-0.25, -0.2) is 9.18 Å². The predicted octanol–water partition coefficient (Wildman–Crippen LogP) is 5.30. The fraction of sp³-hybridized carbons (Fsp3) is 0.464. The molecule has 7 nitrogen and oxygen atoms in total. The van der Waals surface area contributed by atoms with Crippen LogP contribution in [0.25, 0.3) is 0 Å². The maximum absolute atomic E-state index is 15.3. The second kappa shape index (κ2) is 9.56. The minimum atomic E-state index is -1.42. The molecular weight excluding hydrogens is 463 g/mol. The Morgan fingerprint density at radius 3 is 2.17 bits per heavy atom. The van der Waals surface area contributed by atoms with Crippen LogP contribution in [0.3, 0.4) is 0 Å². The molecule has 1 heterocycles. The predicted molar refractivity (Wildman–Crippen MR) is 134 cm³/mol. The first-order chi connectivity index (χ1) is 16.7. The highest BCUT2D eigenvalue weighted by Crippen LogP contribution is 2.55. The van der Waals surface area contributed by atoms with Gasteiger partial charge in [0.1, 0.15) is 36.2 Å². The van der Waals surface area contributed by atoms with Crippen molar-refractivity contribution >= 4 is 18.3 Å². The van der Waals surface area contributed by atoms with Crippen LogP contribution in [0.4, 0.5) is 9.18 Å². The van der Waals surface area contributed by atoms with E-state index in [0.29, 0.717) is 6.29 Å². The number of aldehydes is 1. The molecule has 2 atom stereocenters. The van der Waals surface area contributed by atoms with E-state index in [1.165, 1.54) is 17.0 Å². The van der Waals surface area contributed by atoms with Crippen LogP contribution >= 0.6 is 0 Å². The molecule has 8 heteroatoms. The third-order valence-electron chi connectivity index (χ3n) is 7.06. The van der Waals surface area contributed by atoms with Gasteiger partial charge in [-0.05, 0) is 11.6 Å². The van der Waals surface area contributed by atoms with Crippen LogP contribution in [0, 0.1) is 16.6 Å². The molecule has 1 aliphatic heterocycles. The third-order valence-corrected chi connectivity index (χ3v) is 7.06. The highest BCUT2D eigenvalue weighted by atomic mass is 19.1. The Morgan fingerprint density at radius 1 is 1.11 bits per heavy atom. The number of hydrogen-bond donors (Lipinski definition) is 1. The summed E-state index contributed by atoms with van der Waals surface area (Å²) in [7, 11) is 1.55. The van der Waals surface area contributed by atoms with Crippen molar-refractivity contribution in [2.24, 2.45) is 10.8 Å². The van der Waals surface area contributed by atoms with E-state index < -0.39 is 46.3 Å². The summed E-state index contributed by atoms with van der Waals surface area (Å²) >= 11 is 0. The molecule has 194 valence electrons. The van der Waals surface area contributed by atoms with E-state index in [2.05, 4.69) is 0 Å². The van der Waals surface area contributed by atoms with Crippen LogP contribution in [-0.4, -0.2) is 51.9 Å². The van der Waals surface area contributed by atoms with Gasteiger partial charge in [0.15, 0.2) is 0 Å². The van der Waals surface area contributed by atoms with Gasteiger partial charge in [-0.3, -0.25) is 9.69 Å². The lowest BCUT2D eigenvalue weighted by Crippen LogP contribution is -2.70. The van der Waals surface area contributed by atoms with Crippen LogP contribution < -0.4 is 4.74 Å². The third kappa shape index (κ3) is 4.33. The van der Waals surface area contributed by atoms with Gasteiger partial charge >= 0.3 is 6.09 Å². The highest BCUT2D eigenvalue weighted by molar-refractivity contribution is 5.94. The first kappa shape index (κ1) is 27.2. The van der Waals surface area contributed by atoms with Gasteiger partial charge in [0.25, 0.3) is 0 Å². The summed E-state index contributed by atoms with van der Waals surface area (Å²) in [6.45, 7) is 11.4. The van der Waals surface area contributed by atoms with E-state index in [4.69, 9.17) is 4.74 Å². The minimum absolute atomic E-state index is 0.0614. The van der Waals surface area contributed by atoms with Crippen LogP contribution in [-0.2, 0) is 16.2 Å². The molecule has 2 unspecified atom stereocenters. The summed E-state index contributed by atoms with van der Waals surface area (Å²) in [6, 6.07) is 12.0. The van der Waals surface area contributed by atoms with Gasteiger partial charge in [0.05, 0.1) is 5.92 Å². The van der Waals surface area contributed by atoms with Crippen LogP contribution in [0.15, 0.2) is 48.5 Å². The Kier molecular flexibility index (Phi) is 7.22. The number of amides is 2. The first-order valence-corrected chi connectivity index (χ1v) is 11.9. The Balaban J connectivity index is 2.05. The summed E-state index contributed by atoms with van der Waals surface area (Å²) in [5, 5.41) is 10.4. The molecule has 1 saturated heterocycles. The molecule has 1 aliphatic rings. The van der Waals surface area contributed by atoms with Gasteiger partial charge in [-0.2, -0.15) is 0 Å². The number of carbonyl (C=O) groups is 3. The number of halogens is 1. The van der Waals surface area contributed by atoms with Crippen molar-refractivity contribution < 1.29 is 28.6 Å². The molecule has 0 aromatic heterocycles. The van der Waals surface area contributed by atoms with Crippen molar-refractivity contribution in [3.8, 4) is 5.75 Å². The summed E-state index contributed by atoms with van der Waals surface area (Å²) in [5.41, 5.74) is -1.92. The van der Waals surface area contributed by atoms with Gasteiger partial charge < -0.3 is 19.5 Å². The molecule has 2 amide bonds. The van der Waals surface area contributed by atoms with Crippen LogP contribution in [0.2, 0.25) is 0 Å². The summed E-state index contributed by atoms with van der Waals surface area (Å²) in [6.07, 6.45) is -0.894. The molecule has 2 aromatic carbocycles. The molecule has 0 bridgehead atoms. The number of benzene rings is 2. The maximum atomic E-state index is 15.3. The van der Waals surface area contributed by atoms with Crippen molar-refractivity contribution in [3.05, 3.63) is 65.5 Å². The largest absolute Gasteiger partial charge is 0.489 e. The number of rotatable bonds is 6.